The van der Waals surface area contributed by atoms with Gasteiger partial charge in [0.1, 0.15) is 5.75 Å². The summed E-state index contributed by atoms with van der Waals surface area (Å²) in [5, 5.41) is 4.82. The summed E-state index contributed by atoms with van der Waals surface area (Å²) >= 11 is 1.61. The third-order valence-corrected chi connectivity index (χ3v) is 3.37. The number of nitrogens with one attached hydrogen (secondary N) is 1. The van der Waals surface area contributed by atoms with Crippen molar-refractivity contribution in [3.8, 4) is 5.75 Å². The molecule has 0 spiro atoms. The lowest BCUT2D eigenvalue weighted by atomic mass is 10.1. The first-order chi connectivity index (χ1) is 8.70. The normalized spacial score (nSPS) is 10.1. The van der Waals surface area contributed by atoms with E-state index in [0.717, 1.165) is 4.88 Å². The van der Waals surface area contributed by atoms with Crippen molar-refractivity contribution < 1.29 is 9.53 Å². The Labute approximate surface area is 109 Å². The summed E-state index contributed by atoms with van der Waals surface area (Å²) in [4.78, 5) is 13.0. The van der Waals surface area contributed by atoms with Crippen LogP contribution in [0.25, 0.3) is 0 Å². The number of ether oxygens (including phenoxy) is 1. The maximum atomic E-state index is 11.9. The number of amides is 1. The van der Waals surface area contributed by atoms with Crippen molar-refractivity contribution in [2.75, 3.05) is 12.8 Å². The van der Waals surface area contributed by atoms with Gasteiger partial charge in [-0.2, -0.15) is 0 Å². The standard InChI is InChI=1S/C13H14N2O2S/c1-17-12-5-4-9(7-11(12)14)13(16)15-8-10-3-2-6-18-10/h2-7H,8,14H2,1H3,(H,15,16). The minimum Gasteiger partial charge on any atom is -0.495 e. The molecule has 1 amide bonds. The van der Waals surface area contributed by atoms with E-state index in [-0.39, 0.29) is 5.91 Å². The van der Waals surface area contributed by atoms with E-state index in [0.29, 0.717) is 23.5 Å². The van der Waals surface area contributed by atoms with Crippen molar-refractivity contribution in [3.05, 3.63) is 46.2 Å². The van der Waals surface area contributed by atoms with E-state index in [9.17, 15) is 4.79 Å². The maximum Gasteiger partial charge on any atom is 0.251 e. The van der Waals surface area contributed by atoms with Crippen molar-refractivity contribution in [1.82, 2.24) is 5.32 Å². The summed E-state index contributed by atoms with van der Waals surface area (Å²) in [7, 11) is 1.54. The maximum absolute atomic E-state index is 11.9. The van der Waals surface area contributed by atoms with E-state index in [2.05, 4.69) is 5.32 Å². The number of anilines is 1. The Kier molecular flexibility index (Phi) is 3.84. The summed E-state index contributed by atoms with van der Waals surface area (Å²) in [6.45, 7) is 0.530. The molecule has 94 valence electrons. The van der Waals surface area contributed by atoms with Gasteiger partial charge in [-0.05, 0) is 29.6 Å². The van der Waals surface area contributed by atoms with Crippen LogP contribution in [0.4, 0.5) is 5.69 Å². The number of carbonyl (C=O) groups excluding carboxylic acids is 1. The Morgan fingerprint density at radius 1 is 1.44 bits per heavy atom. The molecule has 0 fully saturated rings. The zero-order chi connectivity index (χ0) is 13.0. The summed E-state index contributed by atoms with van der Waals surface area (Å²) in [6.07, 6.45) is 0. The molecule has 1 aromatic carbocycles. The number of methoxy groups -OCH3 is 1. The second-order valence-corrected chi connectivity index (χ2v) is 4.75. The van der Waals surface area contributed by atoms with Gasteiger partial charge in [-0.15, -0.1) is 11.3 Å². The van der Waals surface area contributed by atoms with Crippen LogP contribution in [0.15, 0.2) is 35.7 Å². The average Bonchev–Trinajstić information content (AvgIpc) is 2.89. The number of rotatable bonds is 4. The van der Waals surface area contributed by atoms with Gasteiger partial charge in [-0.25, -0.2) is 0 Å². The molecule has 5 heteroatoms. The smallest absolute Gasteiger partial charge is 0.251 e. The topological polar surface area (TPSA) is 64.3 Å². The quantitative estimate of drug-likeness (QED) is 0.831. The molecule has 3 N–H and O–H groups in total. The van der Waals surface area contributed by atoms with Gasteiger partial charge < -0.3 is 15.8 Å². The molecule has 0 aliphatic carbocycles. The molecule has 2 rings (SSSR count). The number of benzene rings is 1. The van der Waals surface area contributed by atoms with Crippen molar-refractivity contribution in [1.29, 1.82) is 0 Å². The first-order valence-electron chi connectivity index (χ1n) is 5.45. The zero-order valence-corrected chi connectivity index (χ0v) is 10.8. The highest BCUT2D eigenvalue weighted by molar-refractivity contribution is 7.09. The largest absolute Gasteiger partial charge is 0.495 e. The van der Waals surface area contributed by atoms with Crippen LogP contribution in [0.5, 0.6) is 5.75 Å². The van der Waals surface area contributed by atoms with Gasteiger partial charge in [0.25, 0.3) is 5.91 Å². The van der Waals surface area contributed by atoms with Crippen LogP contribution < -0.4 is 15.8 Å². The molecule has 18 heavy (non-hydrogen) atoms. The predicted molar refractivity (Wildman–Crippen MR) is 72.9 cm³/mol. The van der Waals surface area contributed by atoms with E-state index in [4.69, 9.17) is 10.5 Å². The highest BCUT2D eigenvalue weighted by Crippen LogP contribution is 2.21. The van der Waals surface area contributed by atoms with Crippen LogP contribution in [0.1, 0.15) is 15.2 Å². The molecule has 0 atom stereocenters. The molecular formula is C13H14N2O2S. The summed E-state index contributed by atoms with van der Waals surface area (Å²) in [6, 6.07) is 8.93. The molecule has 0 aliphatic rings. The summed E-state index contributed by atoms with van der Waals surface area (Å²) < 4.78 is 5.04. The minimum atomic E-state index is -0.141. The van der Waals surface area contributed by atoms with Crippen LogP contribution in [-0.2, 0) is 6.54 Å². The van der Waals surface area contributed by atoms with Gasteiger partial charge in [0.05, 0.1) is 19.3 Å². The van der Waals surface area contributed by atoms with Crippen molar-refractivity contribution >= 4 is 22.9 Å². The van der Waals surface area contributed by atoms with E-state index >= 15 is 0 Å². The minimum absolute atomic E-state index is 0.141. The molecule has 2 aromatic rings. The Morgan fingerprint density at radius 3 is 2.89 bits per heavy atom. The molecule has 0 aliphatic heterocycles. The number of thiophene rings is 1. The molecule has 4 nitrogen and oxygen atoms in total. The molecule has 0 radical (unpaired) electrons. The van der Waals surface area contributed by atoms with Crippen LogP contribution in [0, 0.1) is 0 Å². The van der Waals surface area contributed by atoms with Crippen molar-refractivity contribution in [3.63, 3.8) is 0 Å². The fourth-order valence-electron chi connectivity index (χ4n) is 1.56. The van der Waals surface area contributed by atoms with Gasteiger partial charge in [0.15, 0.2) is 0 Å². The molecular weight excluding hydrogens is 248 g/mol. The molecule has 0 unspecified atom stereocenters. The Morgan fingerprint density at radius 2 is 2.28 bits per heavy atom. The Balaban J connectivity index is 2.02. The fourth-order valence-corrected chi connectivity index (χ4v) is 2.20. The highest BCUT2D eigenvalue weighted by Gasteiger charge is 2.08. The van der Waals surface area contributed by atoms with Gasteiger partial charge in [0.2, 0.25) is 0 Å². The lowest BCUT2D eigenvalue weighted by Gasteiger charge is -2.07. The van der Waals surface area contributed by atoms with E-state index in [1.165, 1.54) is 0 Å². The lowest BCUT2D eigenvalue weighted by molar-refractivity contribution is 0.0951. The average molecular weight is 262 g/mol. The van der Waals surface area contributed by atoms with Crippen LogP contribution in [0.2, 0.25) is 0 Å². The number of nitrogens with two attached hydrogens (primary N) is 1. The molecule has 1 aromatic heterocycles. The number of hydrogen-bond acceptors (Lipinski definition) is 4. The van der Waals surface area contributed by atoms with Crippen LogP contribution in [0.3, 0.4) is 0 Å². The monoisotopic (exact) mass is 262 g/mol. The fraction of sp³-hybridized carbons (Fsp3) is 0.154. The molecule has 0 bridgehead atoms. The van der Waals surface area contributed by atoms with E-state index in [1.54, 1.807) is 36.6 Å². The van der Waals surface area contributed by atoms with E-state index < -0.39 is 0 Å². The second kappa shape index (κ2) is 5.55. The van der Waals surface area contributed by atoms with Gasteiger partial charge >= 0.3 is 0 Å². The van der Waals surface area contributed by atoms with Crippen LogP contribution in [-0.4, -0.2) is 13.0 Å². The Hall–Kier alpha value is -2.01. The third kappa shape index (κ3) is 2.81. The van der Waals surface area contributed by atoms with Crippen molar-refractivity contribution in [2.24, 2.45) is 0 Å². The molecule has 0 saturated carbocycles. The number of nitrogen functional groups attached to an aromatic ring is 1. The number of carbonyl (C=O) groups is 1. The summed E-state index contributed by atoms with van der Waals surface area (Å²) in [5.41, 5.74) is 6.75. The van der Waals surface area contributed by atoms with E-state index in [1.807, 2.05) is 17.5 Å². The zero-order valence-electron chi connectivity index (χ0n) is 9.97. The second-order valence-electron chi connectivity index (χ2n) is 3.72. The Bertz CT molecular complexity index is 538. The number of hydrogen-bond donors (Lipinski definition) is 2. The van der Waals surface area contributed by atoms with Gasteiger partial charge in [-0.1, -0.05) is 6.07 Å². The molecule has 1 heterocycles. The first kappa shape index (κ1) is 12.4. The predicted octanol–water partition coefficient (Wildman–Crippen LogP) is 2.27. The molecule has 0 saturated heterocycles. The van der Waals surface area contributed by atoms with Gasteiger partial charge in [0, 0.05) is 10.4 Å². The SMILES string of the molecule is COc1ccc(C(=O)NCc2cccs2)cc1N. The first-order valence-corrected chi connectivity index (χ1v) is 6.33. The van der Waals surface area contributed by atoms with Crippen LogP contribution >= 0.6 is 11.3 Å². The summed E-state index contributed by atoms with van der Waals surface area (Å²) in [5.74, 6) is 0.433. The van der Waals surface area contributed by atoms with Gasteiger partial charge in [-0.3, -0.25) is 4.79 Å². The third-order valence-electron chi connectivity index (χ3n) is 2.50. The van der Waals surface area contributed by atoms with Crippen molar-refractivity contribution in [2.45, 2.75) is 6.54 Å². The highest BCUT2D eigenvalue weighted by atomic mass is 32.1. The lowest BCUT2D eigenvalue weighted by Crippen LogP contribution is -2.22.